The maximum atomic E-state index is 12.5. The van der Waals surface area contributed by atoms with E-state index in [9.17, 15) is 19.8 Å². The fourth-order valence-electron chi connectivity index (χ4n) is 11.3. The number of ether oxygens (including phenoxy) is 1. The monoisotopic (exact) mass is 1140 g/mol. The second kappa shape index (κ2) is 70.3. The normalized spacial score (nSPS) is 12.8. The van der Waals surface area contributed by atoms with E-state index in [0.717, 1.165) is 57.8 Å². The van der Waals surface area contributed by atoms with Crippen molar-refractivity contribution in [2.45, 2.75) is 405 Å². The molecule has 3 N–H and O–H groups in total. The predicted molar refractivity (Wildman–Crippen MR) is 356 cm³/mol. The molecule has 6 nitrogen and oxygen atoms in total. The lowest BCUT2D eigenvalue weighted by molar-refractivity contribution is -0.143. The van der Waals surface area contributed by atoms with Crippen LogP contribution in [0.1, 0.15) is 393 Å². The summed E-state index contributed by atoms with van der Waals surface area (Å²) >= 11 is 0. The first kappa shape index (κ1) is 78.8. The highest BCUT2D eigenvalue weighted by Gasteiger charge is 2.20. The zero-order valence-electron chi connectivity index (χ0n) is 54.5. The van der Waals surface area contributed by atoms with Crippen LogP contribution in [0.5, 0.6) is 0 Å². The number of hydrogen-bond donors (Lipinski definition) is 3. The number of allylic oxidation sites excluding steroid dienone is 8. The lowest BCUT2D eigenvalue weighted by Gasteiger charge is -2.22. The lowest BCUT2D eigenvalue weighted by Crippen LogP contribution is -2.45. The maximum Gasteiger partial charge on any atom is 0.305 e. The van der Waals surface area contributed by atoms with E-state index in [4.69, 9.17) is 4.74 Å². The van der Waals surface area contributed by atoms with Crippen molar-refractivity contribution in [2.24, 2.45) is 0 Å². The third-order valence-corrected chi connectivity index (χ3v) is 16.9. The van der Waals surface area contributed by atoms with Gasteiger partial charge >= 0.3 is 5.97 Å². The highest BCUT2D eigenvalue weighted by molar-refractivity contribution is 5.76. The first-order valence-corrected chi connectivity index (χ1v) is 36.4. The van der Waals surface area contributed by atoms with Crippen molar-refractivity contribution in [3.8, 4) is 0 Å². The van der Waals surface area contributed by atoms with E-state index in [-0.39, 0.29) is 18.5 Å². The van der Waals surface area contributed by atoms with Crippen LogP contribution in [0.4, 0.5) is 0 Å². The zero-order chi connectivity index (χ0) is 58.5. The van der Waals surface area contributed by atoms with Crippen LogP contribution in [-0.2, 0) is 14.3 Å². The molecule has 0 saturated heterocycles. The molecular formula is C75H141NO5. The number of carbonyl (C=O) groups excluding carboxylic acids is 2. The standard InChI is InChI=1S/C75H141NO5/c1-3-5-7-9-11-13-15-17-19-21-33-37-41-45-49-53-57-61-65-69-75(80)81-70-66-62-58-54-50-46-42-38-35-32-30-28-26-24-22-23-25-27-29-31-34-36-40-44-48-52-56-60-64-68-74(79)76-72(71-77)73(78)67-63-59-55-51-47-43-39-20-18-16-14-12-10-8-6-4-2/h11,13,17,19,22,24,28,30,72-73,77-78H,3-10,12,14-16,18,20-21,23,25-27,29,31-71H2,1-2H3,(H,76,79)/b13-11-,19-17-,24-22-,30-28-. The van der Waals surface area contributed by atoms with Gasteiger partial charge in [-0.1, -0.05) is 339 Å². The largest absolute Gasteiger partial charge is 0.466 e. The topological polar surface area (TPSA) is 95.9 Å². The molecule has 0 aromatic heterocycles. The van der Waals surface area contributed by atoms with Crippen LogP contribution in [0, 0.1) is 0 Å². The fourth-order valence-corrected chi connectivity index (χ4v) is 11.3. The van der Waals surface area contributed by atoms with Gasteiger partial charge in [0.1, 0.15) is 0 Å². The molecule has 0 saturated carbocycles. The third kappa shape index (κ3) is 66.8. The molecule has 0 radical (unpaired) electrons. The summed E-state index contributed by atoms with van der Waals surface area (Å²) in [7, 11) is 0. The van der Waals surface area contributed by atoms with Gasteiger partial charge in [-0.2, -0.15) is 0 Å². The number of amides is 1. The quantitative estimate of drug-likeness (QED) is 0.0320. The molecule has 0 bridgehead atoms. The molecule has 0 aromatic carbocycles. The summed E-state index contributed by atoms with van der Waals surface area (Å²) in [4.78, 5) is 24.6. The lowest BCUT2D eigenvalue weighted by atomic mass is 10.0. The number of aliphatic hydroxyl groups excluding tert-OH is 2. The molecule has 0 aliphatic carbocycles. The van der Waals surface area contributed by atoms with Crippen molar-refractivity contribution in [3.63, 3.8) is 0 Å². The van der Waals surface area contributed by atoms with Gasteiger partial charge in [0.15, 0.2) is 0 Å². The highest BCUT2D eigenvalue weighted by atomic mass is 16.5. The van der Waals surface area contributed by atoms with Gasteiger partial charge < -0.3 is 20.3 Å². The van der Waals surface area contributed by atoms with E-state index in [2.05, 4.69) is 67.8 Å². The first-order chi connectivity index (χ1) is 40.0. The molecular weight excluding hydrogens is 995 g/mol. The van der Waals surface area contributed by atoms with Crippen molar-refractivity contribution in [1.29, 1.82) is 0 Å². The van der Waals surface area contributed by atoms with Gasteiger partial charge in [-0.15, -0.1) is 0 Å². The predicted octanol–water partition coefficient (Wildman–Crippen LogP) is 23.6. The van der Waals surface area contributed by atoms with Crippen molar-refractivity contribution in [2.75, 3.05) is 13.2 Å². The second-order valence-electron chi connectivity index (χ2n) is 24.9. The van der Waals surface area contributed by atoms with Crippen LogP contribution in [0.3, 0.4) is 0 Å². The van der Waals surface area contributed by atoms with Gasteiger partial charge in [-0.3, -0.25) is 9.59 Å². The number of esters is 1. The first-order valence-electron chi connectivity index (χ1n) is 36.4. The Morgan fingerprint density at radius 2 is 0.617 bits per heavy atom. The maximum absolute atomic E-state index is 12.5. The summed E-state index contributed by atoms with van der Waals surface area (Å²) in [6.07, 6.45) is 91.6. The van der Waals surface area contributed by atoms with Crippen molar-refractivity contribution < 1.29 is 24.5 Å². The molecule has 6 heteroatoms. The SMILES string of the molecule is CCCCC/C=C\C/C=C\CCCCCCCCCCCC(=O)OCCCCCCCCCCC/C=C\C/C=C\CCCCCCCCCCCCCCCC(=O)NC(CO)C(O)CCCCCCCCCCCCCCCCCC. The smallest absolute Gasteiger partial charge is 0.305 e. The number of nitrogens with one attached hydrogen (secondary N) is 1. The fraction of sp³-hybridized carbons (Fsp3) is 0.867. The van der Waals surface area contributed by atoms with Crippen LogP contribution in [0.25, 0.3) is 0 Å². The second-order valence-corrected chi connectivity index (χ2v) is 24.9. The summed E-state index contributed by atoms with van der Waals surface area (Å²) in [5, 5.41) is 23.4. The molecule has 0 aromatic rings. The van der Waals surface area contributed by atoms with E-state index < -0.39 is 12.1 Å². The van der Waals surface area contributed by atoms with Crippen LogP contribution >= 0.6 is 0 Å². The van der Waals surface area contributed by atoms with Crippen molar-refractivity contribution >= 4 is 11.9 Å². The van der Waals surface area contributed by atoms with E-state index in [0.29, 0.717) is 25.9 Å². The Morgan fingerprint density at radius 1 is 0.346 bits per heavy atom. The minimum Gasteiger partial charge on any atom is -0.466 e. The van der Waals surface area contributed by atoms with E-state index in [1.807, 2.05) is 0 Å². The Labute approximate surface area is 506 Å². The Hall–Kier alpha value is -2.18. The van der Waals surface area contributed by atoms with Crippen LogP contribution < -0.4 is 5.32 Å². The summed E-state index contributed by atoms with van der Waals surface area (Å²) in [5.74, 6) is -0.0250. The Balaban J connectivity index is 3.39. The Kier molecular flexibility index (Phi) is 68.4. The Morgan fingerprint density at radius 3 is 0.963 bits per heavy atom. The van der Waals surface area contributed by atoms with Crippen molar-refractivity contribution in [3.05, 3.63) is 48.6 Å². The number of hydrogen-bond acceptors (Lipinski definition) is 5. The van der Waals surface area contributed by atoms with Crippen LogP contribution in [-0.4, -0.2) is 47.4 Å². The summed E-state index contributed by atoms with van der Waals surface area (Å²) in [6.45, 7) is 4.95. The number of carbonyl (C=O) groups is 2. The molecule has 81 heavy (non-hydrogen) atoms. The minimum absolute atomic E-state index is 0.00852. The summed E-state index contributed by atoms with van der Waals surface area (Å²) in [5.41, 5.74) is 0. The molecule has 0 heterocycles. The number of unbranched alkanes of at least 4 members (excludes halogenated alkanes) is 49. The van der Waals surface area contributed by atoms with Gasteiger partial charge in [0.2, 0.25) is 5.91 Å². The molecule has 2 atom stereocenters. The van der Waals surface area contributed by atoms with Crippen molar-refractivity contribution in [1.82, 2.24) is 5.32 Å². The summed E-state index contributed by atoms with van der Waals surface area (Å²) in [6, 6.07) is -0.543. The Bertz CT molecular complexity index is 1360. The van der Waals surface area contributed by atoms with Gasteiger partial charge in [-0.05, 0) is 89.9 Å². The molecule has 1 amide bonds. The van der Waals surface area contributed by atoms with Gasteiger partial charge in [0.05, 0.1) is 25.4 Å². The molecule has 0 aliphatic heterocycles. The summed E-state index contributed by atoms with van der Waals surface area (Å²) < 4.78 is 5.50. The van der Waals surface area contributed by atoms with Gasteiger partial charge in [0, 0.05) is 12.8 Å². The highest BCUT2D eigenvalue weighted by Crippen LogP contribution is 2.18. The van der Waals surface area contributed by atoms with E-state index in [1.165, 1.54) is 302 Å². The third-order valence-electron chi connectivity index (χ3n) is 16.9. The average molecular weight is 1140 g/mol. The molecule has 0 fully saturated rings. The van der Waals surface area contributed by atoms with E-state index in [1.54, 1.807) is 0 Å². The van der Waals surface area contributed by atoms with Crippen LogP contribution in [0.2, 0.25) is 0 Å². The van der Waals surface area contributed by atoms with Gasteiger partial charge in [-0.25, -0.2) is 0 Å². The zero-order valence-corrected chi connectivity index (χ0v) is 54.5. The van der Waals surface area contributed by atoms with E-state index >= 15 is 0 Å². The van der Waals surface area contributed by atoms with Gasteiger partial charge in [0.25, 0.3) is 0 Å². The average Bonchev–Trinajstić information content (AvgIpc) is 3.47. The van der Waals surface area contributed by atoms with Crippen LogP contribution in [0.15, 0.2) is 48.6 Å². The number of aliphatic hydroxyl groups is 2. The number of rotatable bonds is 68. The molecule has 0 rings (SSSR count). The molecule has 0 aliphatic rings. The molecule has 2 unspecified atom stereocenters. The minimum atomic E-state index is -0.666. The molecule has 0 spiro atoms. The molecule has 476 valence electrons.